The summed E-state index contributed by atoms with van der Waals surface area (Å²) in [6.45, 7) is 5.32. The summed E-state index contributed by atoms with van der Waals surface area (Å²) in [5.41, 5.74) is 1.24. The number of ether oxygens (including phenoxy) is 3. The number of hydrogen-bond acceptors (Lipinski definition) is 7. The Hall–Kier alpha value is -2.84. The molecule has 0 radical (unpaired) electrons. The van der Waals surface area contributed by atoms with E-state index in [1.807, 2.05) is 6.07 Å². The van der Waals surface area contributed by atoms with E-state index in [9.17, 15) is 4.79 Å². The maximum atomic E-state index is 12.7. The summed E-state index contributed by atoms with van der Waals surface area (Å²) in [7, 11) is 3.03. The molecule has 1 aromatic heterocycles. The number of benzene rings is 1. The molecule has 1 aliphatic heterocycles. The van der Waals surface area contributed by atoms with Gasteiger partial charge in [0.25, 0.3) is 5.91 Å². The van der Waals surface area contributed by atoms with Crippen LogP contribution in [0.1, 0.15) is 10.4 Å². The van der Waals surface area contributed by atoms with Crippen molar-refractivity contribution in [3.05, 3.63) is 42.1 Å². The molecule has 1 amide bonds. The van der Waals surface area contributed by atoms with Gasteiger partial charge in [0.15, 0.2) is 0 Å². The molecule has 8 heteroatoms. The van der Waals surface area contributed by atoms with E-state index in [-0.39, 0.29) is 5.91 Å². The lowest BCUT2D eigenvalue weighted by Gasteiger charge is -2.26. The van der Waals surface area contributed by atoms with Gasteiger partial charge >= 0.3 is 0 Å². The number of aromatic nitrogens is 1. The third-order valence-corrected chi connectivity index (χ3v) is 4.52. The van der Waals surface area contributed by atoms with Gasteiger partial charge in [0.05, 0.1) is 39.3 Å². The first-order chi connectivity index (χ1) is 13.7. The second kappa shape index (κ2) is 9.91. The Kier molecular flexibility index (Phi) is 7.05. The molecule has 8 nitrogen and oxygen atoms in total. The highest BCUT2D eigenvalue weighted by molar-refractivity contribution is 6.07. The Labute approximate surface area is 164 Å². The molecule has 1 saturated heterocycles. The van der Waals surface area contributed by atoms with Gasteiger partial charge in [-0.25, -0.2) is 4.98 Å². The molecule has 2 heterocycles. The van der Waals surface area contributed by atoms with Crippen LogP contribution in [0.4, 0.5) is 11.5 Å². The lowest BCUT2D eigenvalue weighted by Crippen LogP contribution is -2.39. The predicted octanol–water partition coefficient (Wildman–Crippen LogP) is 2.10. The van der Waals surface area contributed by atoms with E-state index in [4.69, 9.17) is 14.2 Å². The second-order valence-electron chi connectivity index (χ2n) is 6.30. The van der Waals surface area contributed by atoms with Crippen LogP contribution in [0.5, 0.6) is 11.5 Å². The van der Waals surface area contributed by atoms with Gasteiger partial charge in [-0.1, -0.05) is 6.07 Å². The third kappa shape index (κ3) is 5.11. The molecule has 2 N–H and O–H groups in total. The highest BCUT2D eigenvalue weighted by Gasteiger charge is 2.18. The summed E-state index contributed by atoms with van der Waals surface area (Å²) in [6.07, 6.45) is 1.70. The highest BCUT2D eigenvalue weighted by atomic mass is 16.5. The Morgan fingerprint density at radius 3 is 2.46 bits per heavy atom. The minimum absolute atomic E-state index is 0.335. The average Bonchev–Trinajstić information content (AvgIpc) is 2.75. The fourth-order valence-electron chi connectivity index (χ4n) is 3.01. The molecular formula is C20H26N4O4. The van der Waals surface area contributed by atoms with Crippen molar-refractivity contribution in [2.45, 2.75) is 0 Å². The first-order valence-electron chi connectivity index (χ1n) is 9.23. The first-order valence-corrected chi connectivity index (χ1v) is 9.23. The quantitative estimate of drug-likeness (QED) is 0.719. The molecule has 150 valence electrons. The summed E-state index contributed by atoms with van der Waals surface area (Å²) in [5, 5.41) is 6.13. The summed E-state index contributed by atoms with van der Waals surface area (Å²) in [6, 6.07) is 8.85. The van der Waals surface area contributed by atoms with E-state index in [1.54, 1.807) is 30.5 Å². The van der Waals surface area contributed by atoms with E-state index in [2.05, 4.69) is 20.5 Å². The van der Waals surface area contributed by atoms with Crippen molar-refractivity contribution >= 4 is 17.4 Å². The zero-order chi connectivity index (χ0) is 19.8. The number of nitrogens with zero attached hydrogens (tertiary/aromatic N) is 2. The second-order valence-corrected chi connectivity index (χ2v) is 6.30. The molecule has 1 fully saturated rings. The summed E-state index contributed by atoms with van der Waals surface area (Å²) < 4.78 is 15.9. The van der Waals surface area contributed by atoms with Crippen LogP contribution in [0, 0.1) is 0 Å². The summed E-state index contributed by atoms with van der Waals surface area (Å²) >= 11 is 0. The van der Waals surface area contributed by atoms with E-state index < -0.39 is 0 Å². The zero-order valence-corrected chi connectivity index (χ0v) is 16.2. The van der Waals surface area contributed by atoms with Gasteiger partial charge in [-0.15, -0.1) is 0 Å². The van der Waals surface area contributed by atoms with Crippen LogP contribution in [0.2, 0.25) is 0 Å². The number of nitrogens with one attached hydrogen (secondary N) is 2. The molecule has 0 aliphatic carbocycles. The number of rotatable bonds is 8. The van der Waals surface area contributed by atoms with Crippen molar-refractivity contribution in [2.75, 3.05) is 64.2 Å². The maximum absolute atomic E-state index is 12.7. The van der Waals surface area contributed by atoms with Crippen LogP contribution in [0.3, 0.4) is 0 Å². The number of pyridine rings is 1. The van der Waals surface area contributed by atoms with Crippen molar-refractivity contribution in [2.24, 2.45) is 0 Å². The molecule has 0 spiro atoms. The summed E-state index contributed by atoms with van der Waals surface area (Å²) in [4.78, 5) is 19.3. The number of carbonyl (C=O) groups excluding carboxylic acids is 1. The fraction of sp³-hybridized carbons (Fsp3) is 0.400. The van der Waals surface area contributed by atoms with Crippen LogP contribution in [-0.4, -0.2) is 69.4 Å². The standard InChI is InChI=1S/C20H26N4O4/c1-26-16-4-3-5-17(27-2)19(16)20(25)23-18-7-6-15(14-22-18)21-8-9-24-10-12-28-13-11-24/h3-7,14,21H,8-13H2,1-2H3,(H,22,23,25). The van der Waals surface area contributed by atoms with Crippen molar-refractivity contribution in [1.29, 1.82) is 0 Å². The van der Waals surface area contributed by atoms with Gasteiger partial charge in [-0.05, 0) is 24.3 Å². The minimum atomic E-state index is -0.338. The number of morpholine rings is 1. The van der Waals surface area contributed by atoms with Gasteiger partial charge in [-0.3, -0.25) is 9.69 Å². The van der Waals surface area contributed by atoms with E-state index in [0.717, 1.165) is 45.1 Å². The topological polar surface area (TPSA) is 85.0 Å². The number of carbonyl (C=O) groups is 1. The zero-order valence-electron chi connectivity index (χ0n) is 16.2. The van der Waals surface area contributed by atoms with E-state index in [1.165, 1.54) is 14.2 Å². The van der Waals surface area contributed by atoms with Gasteiger partial charge in [0, 0.05) is 26.2 Å². The van der Waals surface area contributed by atoms with Gasteiger partial charge in [-0.2, -0.15) is 0 Å². The minimum Gasteiger partial charge on any atom is -0.496 e. The van der Waals surface area contributed by atoms with Crippen LogP contribution >= 0.6 is 0 Å². The Morgan fingerprint density at radius 1 is 1.14 bits per heavy atom. The van der Waals surface area contributed by atoms with Crippen LogP contribution in [-0.2, 0) is 4.74 Å². The van der Waals surface area contributed by atoms with Crippen LogP contribution < -0.4 is 20.1 Å². The highest BCUT2D eigenvalue weighted by Crippen LogP contribution is 2.28. The Morgan fingerprint density at radius 2 is 1.86 bits per heavy atom. The van der Waals surface area contributed by atoms with E-state index in [0.29, 0.717) is 22.9 Å². The number of hydrogen-bond donors (Lipinski definition) is 2. The molecule has 28 heavy (non-hydrogen) atoms. The summed E-state index contributed by atoms with van der Waals surface area (Å²) in [5.74, 6) is 1.00. The van der Waals surface area contributed by atoms with Crippen LogP contribution in [0.15, 0.2) is 36.5 Å². The molecule has 0 bridgehead atoms. The largest absolute Gasteiger partial charge is 0.496 e. The Balaban J connectivity index is 1.56. The lowest BCUT2D eigenvalue weighted by molar-refractivity contribution is 0.0398. The predicted molar refractivity (Wildman–Crippen MR) is 107 cm³/mol. The number of methoxy groups -OCH3 is 2. The molecule has 0 unspecified atom stereocenters. The molecule has 0 atom stereocenters. The lowest BCUT2D eigenvalue weighted by atomic mass is 10.1. The monoisotopic (exact) mass is 386 g/mol. The molecule has 1 aliphatic rings. The van der Waals surface area contributed by atoms with Crippen molar-refractivity contribution in [3.8, 4) is 11.5 Å². The normalized spacial score (nSPS) is 14.4. The SMILES string of the molecule is COc1cccc(OC)c1C(=O)Nc1ccc(NCCN2CCOCC2)cn1. The van der Waals surface area contributed by atoms with Crippen molar-refractivity contribution in [3.63, 3.8) is 0 Å². The third-order valence-electron chi connectivity index (χ3n) is 4.52. The van der Waals surface area contributed by atoms with Gasteiger partial charge in [0.2, 0.25) is 0 Å². The fourth-order valence-corrected chi connectivity index (χ4v) is 3.01. The first kappa shape index (κ1) is 19.9. The van der Waals surface area contributed by atoms with Crippen molar-refractivity contribution in [1.82, 2.24) is 9.88 Å². The number of amides is 1. The molecule has 0 saturated carbocycles. The maximum Gasteiger partial charge on any atom is 0.264 e. The van der Waals surface area contributed by atoms with Gasteiger partial charge in [0.1, 0.15) is 22.9 Å². The average molecular weight is 386 g/mol. The van der Waals surface area contributed by atoms with Crippen LogP contribution in [0.25, 0.3) is 0 Å². The Bertz CT molecular complexity index is 754. The molecule has 3 rings (SSSR count). The molecular weight excluding hydrogens is 360 g/mol. The molecule has 2 aromatic rings. The van der Waals surface area contributed by atoms with E-state index >= 15 is 0 Å². The molecule has 1 aromatic carbocycles. The number of anilines is 2. The smallest absolute Gasteiger partial charge is 0.264 e. The van der Waals surface area contributed by atoms with Gasteiger partial charge < -0.3 is 24.8 Å². The van der Waals surface area contributed by atoms with Crippen molar-refractivity contribution < 1.29 is 19.0 Å².